The summed E-state index contributed by atoms with van der Waals surface area (Å²) in [4.78, 5) is 12.8. The van der Waals surface area contributed by atoms with E-state index in [1.807, 2.05) is 14.0 Å². The van der Waals surface area contributed by atoms with Gasteiger partial charge in [-0.05, 0) is 33.7 Å². The number of aliphatic carboxylic acids is 1. The average Bonchev–Trinajstić information content (AvgIpc) is 2.53. The van der Waals surface area contributed by atoms with Crippen LogP contribution in [0.3, 0.4) is 0 Å². The van der Waals surface area contributed by atoms with Crippen molar-refractivity contribution in [2.24, 2.45) is 7.05 Å². The first-order valence-corrected chi connectivity index (χ1v) is 6.84. The highest BCUT2D eigenvalue weighted by Gasteiger charge is 2.17. The Labute approximate surface area is 119 Å². The van der Waals surface area contributed by atoms with Crippen LogP contribution in [0.2, 0.25) is 5.02 Å². The Morgan fingerprint density at radius 3 is 2.58 bits per heavy atom. The van der Waals surface area contributed by atoms with Crippen LogP contribution in [0.25, 0.3) is 0 Å². The van der Waals surface area contributed by atoms with Gasteiger partial charge in [0.1, 0.15) is 0 Å². The van der Waals surface area contributed by atoms with Crippen molar-refractivity contribution < 1.29 is 9.90 Å². The molecule has 0 aliphatic carbocycles. The minimum atomic E-state index is -0.752. The molecule has 6 heteroatoms. The minimum absolute atomic E-state index is 0.196. The first-order chi connectivity index (χ1) is 8.82. The predicted octanol–water partition coefficient (Wildman–Crippen LogP) is 2.46. The molecule has 1 rings (SSSR count). The molecule has 0 aliphatic heterocycles. The molecular formula is C13H22ClN3O2. The van der Waals surface area contributed by atoms with E-state index in [-0.39, 0.29) is 6.42 Å². The van der Waals surface area contributed by atoms with Crippen molar-refractivity contribution in [1.82, 2.24) is 14.7 Å². The maximum absolute atomic E-state index is 10.6. The zero-order valence-electron chi connectivity index (χ0n) is 12.0. The molecule has 108 valence electrons. The fraction of sp³-hybridized carbons (Fsp3) is 0.692. The summed E-state index contributed by atoms with van der Waals surface area (Å²) in [5.41, 5.74) is 1.80. The SMILES string of the molecule is Cc1nn(C)c(CN(CCCC(=O)O)C(C)C)c1Cl. The molecule has 0 aliphatic rings. The van der Waals surface area contributed by atoms with Crippen LogP contribution in [0.1, 0.15) is 38.1 Å². The van der Waals surface area contributed by atoms with Crippen LogP contribution < -0.4 is 0 Å². The molecular weight excluding hydrogens is 266 g/mol. The maximum Gasteiger partial charge on any atom is 0.303 e. The van der Waals surface area contributed by atoms with E-state index in [9.17, 15) is 4.79 Å². The molecule has 0 saturated carbocycles. The molecule has 1 aromatic heterocycles. The molecule has 0 aromatic carbocycles. The molecule has 0 saturated heterocycles. The Bertz CT molecular complexity index is 443. The number of rotatable bonds is 7. The number of carboxylic acids is 1. The number of aromatic nitrogens is 2. The monoisotopic (exact) mass is 287 g/mol. The number of carbonyl (C=O) groups is 1. The van der Waals surface area contributed by atoms with Gasteiger partial charge in [0.05, 0.1) is 16.4 Å². The third kappa shape index (κ3) is 4.51. The van der Waals surface area contributed by atoms with E-state index < -0.39 is 5.97 Å². The van der Waals surface area contributed by atoms with Crippen molar-refractivity contribution in [3.05, 3.63) is 16.4 Å². The first-order valence-electron chi connectivity index (χ1n) is 6.46. The van der Waals surface area contributed by atoms with E-state index in [2.05, 4.69) is 23.8 Å². The Kier molecular flexibility index (Phi) is 5.82. The van der Waals surface area contributed by atoms with Crippen LogP contribution >= 0.6 is 11.6 Å². The molecule has 1 aromatic rings. The molecule has 0 atom stereocenters. The molecule has 0 radical (unpaired) electrons. The summed E-state index contributed by atoms with van der Waals surface area (Å²) < 4.78 is 1.80. The normalized spacial score (nSPS) is 11.5. The molecule has 1 N–H and O–H groups in total. The number of hydrogen-bond donors (Lipinski definition) is 1. The fourth-order valence-corrected chi connectivity index (χ4v) is 2.22. The fourth-order valence-electron chi connectivity index (χ4n) is 2.00. The third-order valence-electron chi connectivity index (χ3n) is 3.18. The van der Waals surface area contributed by atoms with Crippen molar-refractivity contribution in [3.8, 4) is 0 Å². The van der Waals surface area contributed by atoms with Gasteiger partial charge < -0.3 is 5.11 Å². The van der Waals surface area contributed by atoms with E-state index in [1.165, 1.54) is 0 Å². The lowest BCUT2D eigenvalue weighted by Crippen LogP contribution is -2.32. The van der Waals surface area contributed by atoms with Crippen molar-refractivity contribution >= 4 is 17.6 Å². The summed E-state index contributed by atoms with van der Waals surface area (Å²) >= 11 is 6.24. The van der Waals surface area contributed by atoms with E-state index >= 15 is 0 Å². The summed E-state index contributed by atoms with van der Waals surface area (Å²) in [6.45, 7) is 7.50. The van der Waals surface area contributed by atoms with Crippen molar-refractivity contribution in [2.45, 2.75) is 46.2 Å². The smallest absolute Gasteiger partial charge is 0.303 e. The molecule has 5 nitrogen and oxygen atoms in total. The Morgan fingerprint density at radius 1 is 1.53 bits per heavy atom. The van der Waals surface area contributed by atoms with Crippen molar-refractivity contribution in [3.63, 3.8) is 0 Å². The van der Waals surface area contributed by atoms with Gasteiger partial charge in [0.25, 0.3) is 0 Å². The molecule has 0 bridgehead atoms. The standard InChI is InChI=1S/C13H22ClN3O2/c1-9(2)17(7-5-6-12(18)19)8-11-13(14)10(3)15-16(11)4/h9H,5-8H2,1-4H3,(H,18,19). The summed E-state index contributed by atoms with van der Waals surface area (Å²) in [6, 6.07) is 0.333. The minimum Gasteiger partial charge on any atom is -0.481 e. The van der Waals surface area contributed by atoms with Crippen LogP contribution in [0.4, 0.5) is 0 Å². The van der Waals surface area contributed by atoms with Gasteiger partial charge in [0.2, 0.25) is 0 Å². The van der Waals surface area contributed by atoms with Crippen LogP contribution in [0.15, 0.2) is 0 Å². The zero-order valence-corrected chi connectivity index (χ0v) is 12.7. The molecule has 0 fully saturated rings. The number of halogens is 1. The van der Waals surface area contributed by atoms with Gasteiger partial charge in [0, 0.05) is 26.1 Å². The molecule has 0 spiro atoms. The highest BCUT2D eigenvalue weighted by Crippen LogP contribution is 2.21. The highest BCUT2D eigenvalue weighted by atomic mass is 35.5. The van der Waals surface area contributed by atoms with E-state index in [4.69, 9.17) is 16.7 Å². The predicted molar refractivity (Wildman–Crippen MR) is 75.4 cm³/mol. The number of aryl methyl sites for hydroxylation is 2. The number of carboxylic acid groups (broad SMARTS) is 1. The van der Waals surface area contributed by atoms with E-state index in [0.29, 0.717) is 24.0 Å². The van der Waals surface area contributed by atoms with Gasteiger partial charge in [-0.15, -0.1) is 0 Å². The summed E-state index contributed by atoms with van der Waals surface area (Å²) in [6.07, 6.45) is 0.837. The highest BCUT2D eigenvalue weighted by molar-refractivity contribution is 6.31. The maximum atomic E-state index is 10.6. The lowest BCUT2D eigenvalue weighted by Gasteiger charge is -2.26. The summed E-state index contributed by atoms with van der Waals surface area (Å²) in [5.74, 6) is -0.752. The zero-order chi connectivity index (χ0) is 14.6. The van der Waals surface area contributed by atoms with Gasteiger partial charge in [-0.1, -0.05) is 11.6 Å². The Balaban J connectivity index is 2.70. The van der Waals surface area contributed by atoms with Gasteiger partial charge in [0.15, 0.2) is 0 Å². The third-order valence-corrected chi connectivity index (χ3v) is 3.67. The van der Waals surface area contributed by atoms with Gasteiger partial charge in [-0.3, -0.25) is 14.4 Å². The van der Waals surface area contributed by atoms with Gasteiger partial charge >= 0.3 is 5.97 Å². The second-order valence-electron chi connectivity index (χ2n) is 5.03. The topological polar surface area (TPSA) is 58.4 Å². The molecule has 1 heterocycles. The molecule has 0 unspecified atom stereocenters. The van der Waals surface area contributed by atoms with Gasteiger partial charge in [-0.2, -0.15) is 5.10 Å². The second kappa shape index (κ2) is 6.91. The quantitative estimate of drug-likeness (QED) is 0.837. The lowest BCUT2D eigenvalue weighted by atomic mass is 10.2. The van der Waals surface area contributed by atoms with Crippen LogP contribution in [0, 0.1) is 6.92 Å². The first kappa shape index (κ1) is 16.0. The largest absolute Gasteiger partial charge is 0.481 e. The second-order valence-corrected chi connectivity index (χ2v) is 5.41. The summed E-state index contributed by atoms with van der Waals surface area (Å²) in [5, 5.41) is 13.7. The van der Waals surface area contributed by atoms with Crippen LogP contribution in [-0.2, 0) is 18.4 Å². The van der Waals surface area contributed by atoms with Crippen LogP contribution in [0.5, 0.6) is 0 Å². The average molecular weight is 288 g/mol. The van der Waals surface area contributed by atoms with E-state index in [0.717, 1.165) is 17.9 Å². The number of hydrogen-bond acceptors (Lipinski definition) is 3. The van der Waals surface area contributed by atoms with Gasteiger partial charge in [-0.25, -0.2) is 0 Å². The molecule has 19 heavy (non-hydrogen) atoms. The molecule has 0 amide bonds. The van der Waals surface area contributed by atoms with Crippen LogP contribution in [-0.4, -0.2) is 38.3 Å². The number of nitrogens with zero attached hydrogens (tertiary/aromatic N) is 3. The Morgan fingerprint density at radius 2 is 2.16 bits per heavy atom. The lowest BCUT2D eigenvalue weighted by molar-refractivity contribution is -0.137. The summed E-state index contributed by atoms with van der Waals surface area (Å²) in [7, 11) is 1.88. The van der Waals surface area contributed by atoms with Crippen molar-refractivity contribution in [1.29, 1.82) is 0 Å². The Hall–Kier alpha value is -1.07. The van der Waals surface area contributed by atoms with E-state index in [1.54, 1.807) is 4.68 Å². The van der Waals surface area contributed by atoms with Crippen molar-refractivity contribution in [2.75, 3.05) is 6.54 Å².